The molecule has 4 bridgehead atoms. The Labute approximate surface area is 143 Å². The second-order valence-electron chi connectivity index (χ2n) is 8.56. The van der Waals surface area contributed by atoms with Crippen LogP contribution in [-0.4, -0.2) is 23.8 Å². The Balaban J connectivity index is 1.59. The molecular formula is C18H29N3O3. The summed E-state index contributed by atoms with van der Waals surface area (Å²) in [6, 6.07) is -0.640. The van der Waals surface area contributed by atoms with Crippen molar-refractivity contribution in [1.82, 2.24) is 16.2 Å². The monoisotopic (exact) mass is 335 g/mol. The molecule has 6 heteroatoms. The Kier molecular flexibility index (Phi) is 4.58. The number of rotatable bonds is 4. The second kappa shape index (κ2) is 6.37. The molecule has 4 saturated carbocycles. The van der Waals surface area contributed by atoms with Crippen molar-refractivity contribution in [2.24, 2.45) is 29.1 Å². The van der Waals surface area contributed by atoms with E-state index in [1.165, 1.54) is 26.2 Å². The molecule has 0 unspecified atom stereocenters. The fourth-order valence-corrected chi connectivity index (χ4v) is 5.47. The number of amides is 3. The molecule has 4 aliphatic rings. The highest BCUT2D eigenvalue weighted by molar-refractivity contribution is 5.90. The van der Waals surface area contributed by atoms with Crippen LogP contribution in [-0.2, 0) is 14.4 Å². The van der Waals surface area contributed by atoms with Crippen LogP contribution in [0.25, 0.3) is 0 Å². The molecule has 134 valence electrons. The molecule has 0 aromatic rings. The Morgan fingerprint density at radius 1 is 0.917 bits per heavy atom. The lowest BCUT2D eigenvalue weighted by molar-refractivity contribution is -0.149. The minimum Gasteiger partial charge on any atom is -0.344 e. The Morgan fingerprint density at radius 2 is 1.42 bits per heavy atom. The fraction of sp³-hybridized carbons (Fsp3) is 0.833. The van der Waals surface area contributed by atoms with Crippen molar-refractivity contribution in [2.45, 2.75) is 65.3 Å². The largest absolute Gasteiger partial charge is 0.344 e. The average molecular weight is 335 g/mol. The van der Waals surface area contributed by atoms with E-state index in [1.54, 1.807) is 0 Å². The van der Waals surface area contributed by atoms with Crippen LogP contribution in [0, 0.1) is 29.1 Å². The fourth-order valence-electron chi connectivity index (χ4n) is 5.47. The molecule has 3 amide bonds. The van der Waals surface area contributed by atoms with Gasteiger partial charge in [0.15, 0.2) is 0 Å². The van der Waals surface area contributed by atoms with Crippen LogP contribution in [0.15, 0.2) is 0 Å². The van der Waals surface area contributed by atoms with Crippen LogP contribution in [0.1, 0.15) is 59.3 Å². The normalized spacial score (nSPS) is 34.8. The van der Waals surface area contributed by atoms with Gasteiger partial charge in [-0.15, -0.1) is 0 Å². The van der Waals surface area contributed by atoms with Crippen LogP contribution in [0.3, 0.4) is 0 Å². The van der Waals surface area contributed by atoms with Crippen molar-refractivity contribution in [3.63, 3.8) is 0 Å². The molecule has 0 aromatic heterocycles. The van der Waals surface area contributed by atoms with Gasteiger partial charge in [-0.1, -0.05) is 13.8 Å². The van der Waals surface area contributed by atoms with Gasteiger partial charge in [0.05, 0.1) is 5.41 Å². The van der Waals surface area contributed by atoms with Gasteiger partial charge in [-0.25, -0.2) is 0 Å². The maximum Gasteiger partial charge on any atom is 0.261 e. The number of carbonyl (C=O) groups excluding carboxylic acids is 3. The Hall–Kier alpha value is -1.59. The van der Waals surface area contributed by atoms with Gasteiger partial charge in [-0.2, -0.15) is 0 Å². The van der Waals surface area contributed by atoms with Crippen LogP contribution >= 0.6 is 0 Å². The highest BCUT2D eigenvalue weighted by Crippen LogP contribution is 2.59. The zero-order valence-electron chi connectivity index (χ0n) is 14.9. The smallest absolute Gasteiger partial charge is 0.261 e. The SMILES string of the molecule is CC(=O)N[C@@H](C(=O)NNC(=O)C12CC3CC(CC(C3)C1)C2)C(C)C. The lowest BCUT2D eigenvalue weighted by Gasteiger charge is -2.55. The molecule has 24 heavy (non-hydrogen) atoms. The van der Waals surface area contributed by atoms with Gasteiger partial charge >= 0.3 is 0 Å². The number of nitrogens with one attached hydrogen (secondary N) is 3. The van der Waals surface area contributed by atoms with E-state index in [0.717, 1.165) is 19.3 Å². The first-order valence-electron chi connectivity index (χ1n) is 9.16. The second-order valence-corrected chi connectivity index (χ2v) is 8.56. The van der Waals surface area contributed by atoms with Gasteiger partial charge in [0.2, 0.25) is 11.8 Å². The number of hydrazine groups is 1. The molecule has 4 fully saturated rings. The Morgan fingerprint density at radius 3 is 1.83 bits per heavy atom. The zero-order valence-corrected chi connectivity index (χ0v) is 14.9. The first-order chi connectivity index (χ1) is 11.3. The molecule has 4 rings (SSSR count). The highest BCUT2D eigenvalue weighted by Gasteiger charge is 2.54. The lowest BCUT2D eigenvalue weighted by atomic mass is 9.49. The molecule has 0 spiro atoms. The first kappa shape index (κ1) is 17.2. The molecule has 0 radical (unpaired) electrons. The summed E-state index contributed by atoms with van der Waals surface area (Å²) in [4.78, 5) is 36.4. The van der Waals surface area contributed by atoms with Crippen molar-refractivity contribution in [1.29, 1.82) is 0 Å². The maximum atomic E-state index is 12.8. The van der Waals surface area contributed by atoms with Gasteiger partial charge in [0.1, 0.15) is 6.04 Å². The van der Waals surface area contributed by atoms with E-state index in [-0.39, 0.29) is 29.1 Å². The highest BCUT2D eigenvalue weighted by atomic mass is 16.2. The summed E-state index contributed by atoms with van der Waals surface area (Å²) in [7, 11) is 0. The molecule has 1 atom stereocenters. The molecule has 6 nitrogen and oxygen atoms in total. The van der Waals surface area contributed by atoms with E-state index in [4.69, 9.17) is 0 Å². The van der Waals surface area contributed by atoms with E-state index in [2.05, 4.69) is 16.2 Å². The van der Waals surface area contributed by atoms with E-state index >= 15 is 0 Å². The van der Waals surface area contributed by atoms with Gasteiger partial charge in [-0.3, -0.25) is 25.2 Å². The van der Waals surface area contributed by atoms with Crippen molar-refractivity contribution in [2.75, 3.05) is 0 Å². The first-order valence-corrected chi connectivity index (χ1v) is 9.16. The third-order valence-corrected chi connectivity index (χ3v) is 6.13. The summed E-state index contributed by atoms with van der Waals surface area (Å²) in [5.41, 5.74) is 4.91. The van der Waals surface area contributed by atoms with E-state index < -0.39 is 6.04 Å². The van der Waals surface area contributed by atoms with Gasteiger partial charge in [-0.05, 0) is 62.2 Å². The quantitative estimate of drug-likeness (QED) is 0.681. The molecule has 0 saturated heterocycles. The van der Waals surface area contributed by atoms with Gasteiger partial charge in [0.25, 0.3) is 5.91 Å². The number of carbonyl (C=O) groups is 3. The van der Waals surface area contributed by atoms with E-state index in [9.17, 15) is 14.4 Å². The van der Waals surface area contributed by atoms with Crippen molar-refractivity contribution >= 4 is 17.7 Å². The van der Waals surface area contributed by atoms with Crippen molar-refractivity contribution in [3.8, 4) is 0 Å². The molecular weight excluding hydrogens is 306 g/mol. The van der Waals surface area contributed by atoms with Crippen LogP contribution in [0.2, 0.25) is 0 Å². The van der Waals surface area contributed by atoms with Crippen molar-refractivity contribution in [3.05, 3.63) is 0 Å². The van der Waals surface area contributed by atoms with Crippen LogP contribution in [0.5, 0.6) is 0 Å². The molecule has 0 aliphatic heterocycles. The van der Waals surface area contributed by atoms with E-state index in [1.807, 2.05) is 13.8 Å². The predicted octanol–water partition coefficient (Wildman–Crippen LogP) is 1.51. The summed E-state index contributed by atoms with van der Waals surface area (Å²) in [5.74, 6) is 1.33. The third kappa shape index (κ3) is 3.28. The number of hydrogen-bond acceptors (Lipinski definition) is 3. The van der Waals surface area contributed by atoms with Crippen molar-refractivity contribution < 1.29 is 14.4 Å². The molecule has 4 aliphatic carbocycles. The van der Waals surface area contributed by atoms with Gasteiger partial charge in [0, 0.05) is 6.92 Å². The summed E-state index contributed by atoms with van der Waals surface area (Å²) >= 11 is 0. The summed E-state index contributed by atoms with van der Waals surface area (Å²) in [6.45, 7) is 5.11. The summed E-state index contributed by atoms with van der Waals surface area (Å²) in [5, 5.41) is 2.64. The maximum absolute atomic E-state index is 12.8. The number of hydrogen-bond donors (Lipinski definition) is 3. The van der Waals surface area contributed by atoms with E-state index in [0.29, 0.717) is 17.8 Å². The third-order valence-electron chi connectivity index (χ3n) is 6.13. The minimum atomic E-state index is -0.640. The zero-order chi connectivity index (χ0) is 17.5. The molecule has 0 aromatic carbocycles. The summed E-state index contributed by atoms with van der Waals surface area (Å²) in [6.07, 6.45) is 6.70. The topological polar surface area (TPSA) is 87.3 Å². The predicted molar refractivity (Wildman–Crippen MR) is 89.3 cm³/mol. The minimum absolute atomic E-state index is 0.0414. The molecule has 3 N–H and O–H groups in total. The van der Waals surface area contributed by atoms with Crippen LogP contribution in [0.4, 0.5) is 0 Å². The lowest BCUT2D eigenvalue weighted by Crippen LogP contribution is -2.59. The van der Waals surface area contributed by atoms with Crippen LogP contribution < -0.4 is 16.2 Å². The molecule has 0 heterocycles. The summed E-state index contributed by atoms with van der Waals surface area (Å²) < 4.78 is 0. The Bertz CT molecular complexity index is 508. The standard InChI is InChI=1S/C18H29N3O3/c1-10(2)15(19-11(3)22)16(23)20-21-17(24)18-7-12-4-13(8-18)6-14(5-12)9-18/h10,12-15H,4-9H2,1-3H3,(H,19,22)(H,20,23)(H,21,24)/t12?,13?,14?,15-,18?/m1/s1. The van der Waals surface area contributed by atoms with Gasteiger partial charge < -0.3 is 5.32 Å². The average Bonchev–Trinajstić information content (AvgIpc) is 2.48.